The van der Waals surface area contributed by atoms with Crippen molar-refractivity contribution >= 4 is 50.5 Å². The summed E-state index contributed by atoms with van der Waals surface area (Å²) < 4.78 is 0.961. The largest absolute Gasteiger partial charge is 0.360 e. The maximum absolute atomic E-state index is 6.21. The van der Waals surface area contributed by atoms with E-state index in [0.29, 0.717) is 21.6 Å². The van der Waals surface area contributed by atoms with E-state index in [4.69, 9.17) is 23.8 Å². The topological polar surface area (TPSA) is 24.1 Å². The Labute approximate surface area is 152 Å². The van der Waals surface area contributed by atoms with E-state index < -0.39 is 0 Å². The summed E-state index contributed by atoms with van der Waals surface area (Å²) in [5, 5.41) is 7.94. The van der Waals surface area contributed by atoms with Crippen LogP contribution in [0, 0.1) is 11.3 Å². The number of nitrogens with one attached hydrogen (secondary N) is 2. The van der Waals surface area contributed by atoms with Gasteiger partial charge in [0.25, 0.3) is 0 Å². The molecule has 0 aromatic heterocycles. The molecule has 1 aliphatic carbocycles. The molecule has 0 amide bonds. The molecule has 2 nitrogen and oxygen atoms in total. The molecule has 0 heterocycles. The van der Waals surface area contributed by atoms with Crippen molar-refractivity contribution in [3.63, 3.8) is 0 Å². The molecule has 2 N–H and O–H groups in total. The second-order valence-corrected chi connectivity index (χ2v) is 8.87. The van der Waals surface area contributed by atoms with Gasteiger partial charge in [-0.15, -0.1) is 0 Å². The van der Waals surface area contributed by atoms with Gasteiger partial charge >= 0.3 is 0 Å². The Bertz CT molecular complexity index is 534. The van der Waals surface area contributed by atoms with Crippen LogP contribution >= 0.6 is 39.7 Å². The van der Waals surface area contributed by atoms with E-state index in [9.17, 15) is 0 Å². The third-order valence-electron chi connectivity index (χ3n) is 4.47. The van der Waals surface area contributed by atoms with Gasteiger partial charge in [0.05, 0.1) is 10.7 Å². The Hall–Kier alpha value is -0.320. The summed E-state index contributed by atoms with van der Waals surface area (Å²) in [6, 6.07) is 6.20. The molecule has 1 saturated carbocycles. The Kier molecular flexibility index (Phi) is 6.14. The van der Waals surface area contributed by atoms with Crippen LogP contribution in [-0.4, -0.2) is 11.2 Å². The van der Waals surface area contributed by atoms with Gasteiger partial charge in [-0.2, -0.15) is 0 Å². The second kappa shape index (κ2) is 7.50. The van der Waals surface area contributed by atoms with Crippen LogP contribution in [0.25, 0.3) is 0 Å². The maximum atomic E-state index is 6.21. The van der Waals surface area contributed by atoms with Crippen LogP contribution in [0.1, 0.15) is 46.5 Å². The molecule has 2 rings (SSSR count). The molecule has 0 radical (unpaired) electrons. The van der Waals surface area contributed by atoms with E-state index in [1.807, 2.05) is 18.2 Å². The highest BCUT2D eigenvalue weighted by Crippen LogP contribution is 2.37. The van der Waals surface area contributed by atoms with Crippen LogP contribution in [0.2, 0.25) is 5.02 Å². The number of hydrogen-bond donors (Lipinski definition) is 2. The molecule has 0 spiro atoms. The van der Waals surface area contributed by atoms with Gasteiger partial charge < -0.3 is 10.6 Å². The zero-order chi connectivity index (χ0) is 16.3. The number of hydrogen-bond acceptors (Lipinski definition) is 1. The maximum Gasteiger partial charge on any atom is 0.171 e. The first-order valence-electron chi connectivity index (χ1n) is 7.78. The summed E-state index contributed by atoms with van der Waals surface area (Å²) in [6.45, 7) is 7.02. The lowest BCUT2D eigenvalue weighted by Gasteiger charge is -2.37. The van der Waals surface area contributed by atoms with Crippen molar-refractivity contribution in [1.29, 1.82) is 0 Å². The number of benzene rings is 1. The Morgan fingerprint density at radius 1 is 1.23 bits per heavy atom. The second-order valence-electron chi connectivity index (χ2n) is 7.14. The van der Waals surface area contributed by atoms with Gasteiger partial charge in [-0.25, -0.2) is 0 Å². The van der Waals surface area contributed by atoms with Crippen molar-refractivity contribution in [2.45, 2.75) is 52.5 Å². The molecule has 1 fully saturated rings. The highest BCUT2D eigenvalue weighted by molar-refractivity contribution is 9.10. The van der Waals surface area contributed by atoms with E-state index >= 15 is 0 Å². The predicted octanol–water partition coefficient (Wildman–Crippen LogP) is 5.99. The fourth-order valence-electron chi connectivity index (χ4n) is 3.04. The quantitative estimate of drug-likeness (QED) is 0.593. The zero-order valence-electron chi connectivity index (χ0n) is 13.4. The number of thiocarbonyl (C=S) groups is 1. The fraction of sp³-hybridized carbons (Fsp3) is 0.588. The number of halogens is 2. The molecule has 0 bridgehead atoms. The van der Waals surface area contributed by atoms with Gasteiger partial charge in [-0.05, 0) is 67.4 Å². The zero-order valence-corrected chi connectivity index (χ0v) is 16.5. The van der Waals surface area contributed by atoms with Crippen molar-refractivity contribution in [1.82, 2.24) is 5.32 Å². The lowest BCUT2D eigenvalue weighted by Crippen LogP contribution is -2.41. The molecule has 1 aromatic carbocycles. The molecule has 0 unspecified atom stereocenters. The summed E-state index contributed by atoms with van der Waals surface area (Å²) in [5.41, 5.74) is 1.25. The highest BCUT2D eigenvalue weighted by atomic mass is 79.9. The first-order valence-corrected chi connectivity index (χ1v) is 9.36. The van der Waals surface area contributed by atoms with Gasteiger partial charge in [0.2, 0.25) is 0 Å². The fourth-order valence-corrected chi connectivity index (χ4v) is 4.04. The highest BCUT2D eigenvalue weighted by Gasteiger charge is 2.29. The molecule has 0 aliphatic heterocycles. The van der Waals surface area contributed by atoms with Crippen molar-refractivity contribution in [2.75, 3.05) is 5.32 Å². The van der Waals surface area contributed by atoms with Crippen LogP contribution in [0.4, 0.5) is 5.69 Å². The lowest BCUT2D eigenvalue weighted by atomic mass is 9.71. The minimum absolute atomic E-state index is 0.411. The van der Waals surface area contributed by atoms with Crippen molar-refractivity contribution in [3.8, 4) is 0 Å². The lowest BCUT2D eigenvalue weighted by molar-refractivity contribution is 0.166. The summed E-state index contributed by atoms with van der Waals surface area (Å²) >= 11 is 15.0. The molecule has 0 atom stereocenters. The molecular formula is C17H24BrClN2S. The molecular weight excluding hydrogens is 380 g/mol. The van der Waals surface area contributed by atoms with Gasteiger partial charge in [-0.3, -0.25) is 0 Å². The van der Waals surface area contributed by atoms with Crippen LogP contribution in [-0.2, 0) is 0 Å². The predicted molar refractivity (Wildman–Crippen MR) is 104 cm³/mol. The monoisotopic (exact) mass is 402 g/mol. The van der Waals surface area contributed by atoms with Crippen molar-refractivity contribution in [3.05, 3.63) is 27.7 Å². The van der Waals surface area contributed by atoms with Crippen molar-refractivity contribution in [2.24, 2.45) is 11.3 Å². The Morgan fingerprint density at radius 2 is 1.86 bits per heavy atom. The van der Waals surface area contributed by atoms with Gasteiger partial charge in [0, 0.05) is 10.5 Å². The van der Waals surface area contributed by atoms with Crippen LogP contribution < -0.4 is 10.6 Å². The first kappa shape index (κ1) is 18.0. The Balaban J connectivity index is 1.83. The average Bonchev–Trinajstić information content (AvgIpc) is 2.41. The minimum atomic E-state index is 0.411. The SMILES string of the molecule is CC(C)(C)C1CCC(NC(=S)Nc2ccc(Br)cc2Cl)CC1. The molecule has 1 aliphatic rings. The van der Waals surface area contributed by atoms with Crippen LogP contribution in [0.5, 0.6) is 0 Å². The van der Waals surface area contributed by atoms with Crippen LogP contribution in [0.3, 0.4) is 0 Å². The van der Waals surface area contributed by atoms with E-state index in [0.717, 1.165) is 16.1 Å². The number of anilines is 1. The van der Waals surface area contributed by atoms with Crippen molar-refractivity contribution < 1.29 is 0 Å². The average molecular weight is 404 g/mol. The molecule has 5 heteroatoms. The standard InChI is InChI=1S/C17H24BrClN2S/c1-17(2,3)11-4-7-13(8-5-11)20-16(22)21-15-9-6-12(18)10-14(15)19/h6,9-11,13H,4-5,7-8H2,1-3H3,(H2,20,21,22). The van der Waals surface area contributed by atoms with Gasteiger partial charge in [0.15, 0.2) is 5.11 Å². The normalized spacial score (nSPS) is 22.2. The minimum Gasteiger partial charge on any atom is -0.360 e. The smallest absolute Gasteiger partial charge is 0.171 e. The molecule has 0 saturated heterocycles. The molecule has 1 aromatic rings. The summed E-state index contributed by atoms with van der Waals surface area (Å²) in [7, 11) is 0. The molecule has 122 valence electrons. The number of rotatable bonds is 2. The van der Waals surface area contributed by atoms with E-state index in [-0.39, 0.29) is 0 Å². The summed E-state index contributed by atoms with van der Waals surface area (Å²) in [4.78, 5) is 0. The van der Waals surface area contributed by atoms with E-state index in [1.54, 1.807) is 0 Å². The molecule has 22 heavy (non-hydrogen) atoms. The van der Waals surface area contributed by atoms with Gasteiger partial charge in [-0.1, -0.05) is 48.3 Å². The van der Waals surface area contributed by atoms with Gasteiger partial charge in [0.1, 0.15) is 0 Å². The van der Waals surface area contributed by atoms with Crippen LogP contribution in [0.15, 0.2) is 22.7 Å². The Morgan fingerprint density at radius 3 is 2.41 bits per heavy atom. The third-order valence-corrected chi connectivity index (χ3v) is 5.49. The third kappa shape index (κ3) is 5.10. The summed E-state index contributed by atoms with van der Waals surface area (Å²) in [5.74, 6) is 0.813. The summed E-state index contributed by atoms with van der Waals surface area (Å²) in [6.07, 6.45) is 4.89. The van der Waals surface area contributed by atoms with E-state index in [2.05, 4.69) is 47.3 Å². The first-order chi connectivity index (χ1) is 10.3. The van der Waals surface area contributed by atoms with E-state index in [1.165, 1.54) is 25.7 Å².